The van der Waals surface area contributed by atoms with Gasteiger partial charge < -0.3 is 10.6 Å². The van der Waals surface area contributed by atoms with E-state index in [1.807, 2.05) is 6.07 Å². The molecule has 2 N–H and O–H groups in total. The van der Waals surface area contributed by atoms with Crippen LogP contribution in [0, 0.1) is 0 Å². The minimum Gasteiger partial charge on any atom is -0.334 e. The molecule has 0 aliphatic carbocycles. The first kappa shape index (κ1) is 16.4. The van der Waals surface area contributed by atoms with E-state index in [9.17, 15) is 4.79 Å². The van der Waals surface area contributed by atoms with Crippen LogP contribution >= 0.6 is 0 Å². The van der Waals surface area contributed by atoms with Crippen molar-refractivity contribution in [1.82, 2.24) is 30.3 Å². The van der Waals surface area contributed by atoms with E-state index in [0.717, 1.165) is 32.5 Å². The molecule has 1 aromatic heterocycles. The maximum atomic E-state index is 12.1. The lowest BCUT2D eigenvalue weighted by molar-refractivity contribution is 0.180. The molecular weight excluding hydrogens is 304 g/mol. The number of carbonyl (C=O) groups excluding carboxylic acids is 1. The first-order valence-electron chi connectivity index (χ1n) is 8.34. The zero-order chi connectivity index (χ0) is 16.8. The van der Waals surface area contributed by atoms with Gasteiger partial charge in [0, 0.05) is 26.2 Å². The number of carbonyl (C=O) groups is 1. The average molecular weight is 328 g/mol. The fourth-order valence-electron chi connectivity index (χ4n) is 3.02. The Kier molecular flexibility index (Phi) is 5.43. The number of nitrogens with zero attached hydrogens (tertiary/aromatic N) is 4. The zero-order valence-electron chi connectivity index (χ0n) is 14.0. The molecule has 0 radical (unpaired) electrons. The number of likely N-dealkylation sites (tertiary alicyclic amines) is 1. The number of nitrogens with one attached hydrogen (secondary N) is 2. The SMILES string of the molecule is Cn1cnc(CNC(=O)NC2CCCN(Cc3ccccc3)C2)n1. The van der Waals surface area contributed by atoms with Gasteiger partial charge >= 0.3 is 6.03 Å². The van der Waals surface area contributed by atoms with Gasteiger partial charge in [0.15, 0.2) is 5.82 Å². The van der Waals surface area contributed by atoms with Crippen molar-refractivity contribution in [2.45, 2.75) is 32.0 Å². The molecule has 24 heavy (non-hydrogen) atoms. The number of hydrogen-bond donors (Lipinski definition) is 2. The first-order chi connectivity index (χ1) is 11.7. The molecule has 2 heterocycles. The van der Waals surface area contributed by atoms with Gasteiger partial charge in [-0.3, -0.25) is 9.58 Å². The third-order valence-corrected chi connectivity index (χ3v) is 4.14. The zero-order valence-corrected chi connectivity index (χ0v) is 14.0. The average Bonchev–Trinajstić information content (AvgIpc) is 3.00. The summed E-state index contributed by atoms with van der Waals surface area (Å²) in [6, 6.07) is 10.5. The molecule has 0 saturated carbocycles. The number of amides is 2. The molecule has 7 heteroatoms. The Hall–Kier alpha value is -2.41. The fraction of sp³-hybridized carbons (Fsp3) is 0.471. The van der Waals surface area contributed by atoms with Gasteiger partial charge in [-0.1, -0.05) is 30.3 Å². The normalized spacial score (nSPS) is 18.3. The molecule has 3 rings (SSSR count). The maximum absolute atomic E-state index is 12.1. The molecule has 1 atom stereocenters. The Morgan fingerprint density at radius 2 is 2.17 bits per heavy atom. The molecule has 2 aromatic rings. The molecule has 1 aromatic carbocycles. The smallest absolute Gasteiger partial charge is 0.315 e. The lowest BCUT2D eigenvalue weighted by atomic mass is 10.0. The lowest BCUT2D eigenvalue weighted by Gasteiger charge is -2.33. The molecule has 1 aliphatic heterocycles. The van der Waals surface area contributed by atoms with Crippen LogP contribution in [0.1, 0.15) is 24.2 Å². The van der Waals surface area contributed by atoms with Gasteiger partial charge in [-0.25, -0.2) is 9.78 Å². The summed E-state index contributed by atoms with van der Waals surface area (Å²) in [7, 11) is 1.81. The number of piperidine rings is 1. The van der Waals surface area contributed by atoms with Crippen molar-refractivity contribution in [3.8, 4) is 0 Å². The van der Waals surface area contributed by atoms with Crippen molar-refractivity contribution in [2.75, 3.05) is 13.1 Å². The van der Waals surface area contributed by atoms with Gasteiger partial charge in [-0.2, -0.15) is 5.10 Å². The summed E-state index contributed by atoms with van der Waals surface area (Å²) in [4.78, 5) is 18.5. The predicted molar refractivity (Wildman–Crippen MR) is 91.1 cm³/mol. The van der Waals surface area contributed by atoms with Crippen LogP contribution in [0.5, 0.6) is 0 Å². The third kappa shape index (κ3) is 4.79. The summed E-state index contributed by atoms with van der Waals surface area (Å²) >= 11 is 0. The maximum Gasteiger partial charge on any atom is 0.315 e. The Bertz CT molecular complexity index is 656. The van der Waals surface area contributed by atoms with E-state index < -0.39 is 0 Å². The molecule has 1 unspecified atom stereocenters. The molecule has 0 bridgehead atoms. The van der Waals surface area contributed by atoms with Crippen molar-refractivity contribution < 1.29 is 4.79 Å². The number of benzene rings is 1. The minimum atomic E-state index is -0.158. The van der Waals surface area contributed by atoms with Gasteiger partial charge in [0.2, 0.25) is 0 Å². The molecule has 128 valence electrons. The number of hydrogen-bond acceptors (Lipinski definition) is 4. The summed E-state index contributed by atoms with van der Waals surface area (Å²) < 4.78 is 1.62. The molecule has 2 amide bonds. The standard InChI is InChI=1S/C17H24N6O/c1-22-13-19-16(21-22)10-18-17(24)20-15-8-5-9-23(12-15)11-14-6-3-2-4-7-14/h2-4,6-7,13,15H,5,8-12H2,1H3,(H2,18,20,24). The van der Waals surface area contributed by atoms with Crippen LogP contribution in [-0.4, -0.2) is 44.8 Å². The van der Waals surface area contributed by atoms with E-state index in [0.29, 0.717) is 12.4 Å². The minimum absolute atomic E-state index is 0.158. The largest absolute Gasteiger partial charge is 0.334 e. The van der Waals surface area contributed by atoms with Crippen LogP contribution in [0.2, 0.25) is 0 Å². The van der Waals surface area contributed by atoms with E-state index in [1.165, 1.54) is 5.56 Å². The highest BCUT2D eigenvalue weighted by Crippen LogP contribution is 2.13. The number of aryl methyl sites for hydroxylation is 1. The van der Waals surface area contributed by atoms with Crippen LogP contribution in [0.25, 0.3) is 0 Å². The Balaban J connectivity index is 1.43. The second-order valence-electron chi connectivity index (χ2n) is 6.22. The molecule has 7 nitrogen and oxygen atoms in total. The summed E-state index contributed by atoms with van der Waals surface area (Å²) in [5, 5.41) is 10.0. The summed E-state index contributed by atoms with van der Waals surface area (Å²) in [5.41, 5.74) is 1.31. The number of aromatic nitrogens is 3. The van der Waals surface area contributed by atoms with Gasteiger partial charge in [0.1, 0.15) is 6.33 Å². The Labute approximate surface area is 142 Å². The highest BCUT2D eigenvalue weighted by atomic mass is 16.2. The molecule has 1 fully saturated rings. The van der Waals surface area contributed by atoms with Gasteiger partial charge in [-0.05, 0) is 24.9 Å². The van der Waals surface area contributed by atoms with Crippen molar-refractivity contribution in [1.29, 1.82) is 0 Å². The van der Waals surface area contributed by atoms with Crippen LogP contribution in [0.15, 0.2) is 36.7 Å². The van der Waals surface area contributed by atoms with Crippen LogP contribution in [-0.2, 0) is 20.1 Å². The quantitative estimate of drug-likeness (QED) is 0.867. The van der Waals surface area contributed by atoms with Gasteiger partial charge in [0.25, 0.3) is 0 Å². The van der Waals surface area contributed by atoms with E-state index in [1.54, 1.807) is 18.1 Å². The lowest BCUT2D eigenvalue weighted by Crippen LogP contribution is -2.50. The van der Waals surface area contributed by atoms with Gasteiger partial charge in [-0.15, -0.1) is 0 Å². The highest BCUT2D eigenvalue weighted by Gasteiger charge is 2.21. The van der Waals surface area contributed by atoms with E-state index >= 15 is 0 Å². The number of urea groups is 1. The molecule has 1 saturated heterocycles. The van der Waals surface area contributed by atoms with Crippen LogP contribution in [0.3, 0.4) is 0 Å². The van der Waals surface area contributed by atoms with Crippen molar-refractivity contribution in [3.63, 3.8) is 0 Å². The number of rotatable bonds is 5. The predicted octanol–water partition coefficient (Wildman–Crippen LogP) is 1.28. The topological polar surface area (TPSA) is 75.1 Å². The fourth-order valence-corrected chi connectivity index (χ4v) is 3.02. The molecular formula is C17H24N6O. The summed E-state index contributed by atoms with van der Waals surface area (Å²) in [6.07, 6.45) is 3.73. The third-order valence-electron chi connectivity index (χ3n) is 4.14. The van der Waals surface area contributed by atoms with E-state index in [4.69, 9.17) is 0 Å². The van der Waals surface area contributed by atoms with Crippen LogP contribution in [0.4, 0.5) is 4.79 Å². The van der Waals surface area contributed by atoms with Crippen molar-refractivity contribution in [3.05, 3.63) is 48.0 Å². The monoisotopic (exact) mass is 328 g/mol. The van der Waals surface area contributed by atoms with Crippen LogP contribution < -0.4 is 10.6 Å². The van der Waals surface area contributed by atoms with Crippen molar-refractivity contribution >= 4 is 6.03 Å². The van der Waals surface area contributed by atoms with E-state index in [-0.39, 0.29) is 12.1 Å². The second-order valence-corrected chi connectivity index (χ2v) is 6.22. The van der Waals surface area contributed by atoms with Crippen molar-refractivity contribution in [2.24, 2.45) is 7.05 Å². The summed E-state index contributed by atoms with van der Waals surface area (Å²) in [5.74, 6) is 0.613. The van der Waals surface area contributed by atoms with E-state index in [2.05, 4.69) is 49.9 Å². The molecule has 0 spiro atoms. The molecule has 1 aliphatic rings. The second kappa shape index (κ2) is 7.92. The first-order valence-corrected chi connectivity index (χ1v) is 8.34. The highest BCUT2D eigenvalue weighted by molar-refractivity contribution is 5.74. The Morgan fingerprint density at radius 3 is 2.92 bits per heavy atom. The Morgan fingerprint density at radius 1 is 1.33 bits per heavy atom. The van der Waals surface area contributed by atoms with Gasteiger partial charge in [0.05, 0.1) is 6.54 Å². The summed E-state index contributed by atoms with van der Waals surface area (Å²) in [6.45, 7) is 3.22.